The number of aryl methyl sites for hydroxylation is 1. The molecule has 1 aromatic carbocycles. The number of rotatable bonds is 3. The fraction of sp³-hybridized carbons (Fsp3) is 0.111. The van der Waals surface area contributed by atoms with Gasteiger partial charge in [0.1, 0.15) is 5.37 Å². The standard InChI is InChI=1S/C18H15N3OS.2ClH/c1-21-10-14(13-6-2-3-7-16(13)21)17(22)15-11-23-18(20-15)12-5-4-8-19-9-12;;/h2-11,18,20H,1H3;2*1H. The third-order valence-electron chi connectivity index (χ3n) is 3.98. The molecule has 1 aliphatic heterocycles. The number of hydrogen-bond donors (Lipinski definition) is 1. The molecule has 0 aliphatic carbocycles. The van der Waals surface area contributed by atoms with Gasteiger partial charge in [-0.1, -0.05) is 24.3 Å². The Morgan fingerprint density at radius 3 is 2.76 bits per heavy atom. The number of benzene rings is 1. The first-order valence-electron chi connectivity index (χ1n) is 7.35. The molecule has 0 bridgehead atoms. The number of aromatic nitrogens is 2. The van der Waals surface area contributed by atoms with E-state index in [9.17, 15) is 4.79 Å². The van der Waals surface area contributed by atoms with Crippen molar-refractivity contribution in [3.05, 3.63) is 77.2 Å². The smallest absolute Gasteiger partial charge is 0.211 e. The summed E-state index contributed by atoms with van der Waals surface area (Å²) in [5, 5.41) is 6.23. The number of hydrogen-bond acceptors (Lipinski definition) is 4. The van der Waals surface area contributed by atoms with Gasteiger partial charge in [0.05, 0.1) is 5.70 Å². The van der Waals surface area contributed by atoms with Crippen molar-refractivity contribution in [1.82, 2.24) is 14.9 Å². The van der Waals surface area contributed by atoms with Crippen LogP contribution in [0.25, 0.3) is 10.9 Å². The second kappa shape index (κ2) is 7.95. The minimum atomic E-state index is 0. The molecule has 7 heteroatoms. The second-order valence-electron chi connectivity index (χ2n) is 5.48. The zero-order valence-corrected chi connectivity index (χ0v) is 15.8. The molecule has 0 saturated heterocycles. The van der Waals surface area contributed by atoms with Gasteiger partial charge in [-0.05, 0) is 12.1 Å². The summed E-state index contributed by atoms with van der Waals surface area (Å²) in [6, 6.07) is 11.9. The summed E-state index contributed by atoms with van der Waals surface area (Å²) in [4.78, 5) is 17.0. The molecule has 0 amide bonds. The van der Waals surface area contributed by atoms with Crippen molar-refractivity contribution in [2.75, 3.05) is 0 Å². The highest BCUT2D eigenvalue weighted by atomic mass is 35.5. The average molecular weight is 394 g/mol. The summed E-state index contributed by atoms with van der Waals surface area (Å²) < 4.78 is 1.99. The number of allylic oxidation sites excluding steroid dienone is 1. The van der Waals surface area contributed by atoms with Crippen molar-refractivity contribution in [1.29, 1.82) is 0 Å². The van der Waals surface area contributed by atoms with Crippen molar-refractivity contribution in [2.24, 2.45) is 7.05 Å². The SMILES string of the molecule is Cl.Cl.Cn1cc(C(=O)C2=CSC(c3cccnc3)N2)c2ccccc21. The molecule has 130 valence electrons. The van der Waals surface area contributed by atoms with Crippen molar-refractivity contribution in [3.8, 4) is 0 Å². The summed E-state index contributed by atoms with van der Waals surface area (Å²) in [6.07, 6.45) is 5.47. The van der Waals surface area contributed by atoms with Gasteiger partial charge in [-0.2, -0.15) is 0 Å². The van der Waals surface area contributed by atoms with E-state index in [1.54, 1.807) is 18.0 Å². The zero-order chi connectivity index (χ0) is 15.8. The summed E-state index contributed by atoms with van der Waals surface area (Å²) in [7, 11) is 1.96. The lowest BCUT2D eigenvalue weighted by Crippen LogP contribution is -2.19. The third kappa shape index (κ3) is 3.54. The Kier molecular flexibility index (Phi) is 6.16. The highest BCUT2D eigenvalue weighted by Crippen LogP contribution is 2.35. The van der Waals surface area contributed by atoms with Crippen LogP contribution < -0.4 is 5.32 Å². The maximum Gasteiger partial charge on any atom is 0.211 e. The number of Topliss-reactive ketones (excluding diaryl/α,β-unsaturated/α-hetero) is 1. The molecule has 1 aliphatic rings. The molecule has 0 saturated carbocycles. The molecule has 3 aromatic rings. The highest BCUT2D eigenvalue weighted by Gasteiger charge is 2.25. The van der Waals surface area contributed by atoms with Gasteiger partial charge >= 0.3 is 0 Å². The van der Waals surface area contributed by atoms with Crippen LogP contribution in [0.3, 0.4) is 0 Å². The van der Waals surface area contributed by atoms with E-state index in [0.717, 1.165) is 22.0 Å². The number of ketones is 1. The number of nitrogens with one attached hydrogen (secondary N) is 1. The number of halogens is 2. The second-order valence-corrected chi connectivity index (χ2v) is 6.46. The van der Waals surface area contributed by atoms with Crippen molar-refractivity contribution in [2.45, 2.75) is 5.37 Å². The van der Waals surface area contributed by atoms with Crippen LogP contribution in [0.1, 0.15) is 21.3 Å². The molecule has 0 fully saturated rings. The molecular weight excluding hydrogens is 377 g/mol. The van der Waals surface area contributed by atoms with E-state index in [0.29, 0.717) is 5.70 Å². The van der Waals surface area contributed by atoms with Crippen LogP contribution in [0.5, 0.6) is 0 Å². The Bertz CT molecular complexity index is 924. The van der Waals surface area contributed by atoms with Crippen LogP contribution in [0.15, 0.2) is 66.1 Å². The minimum Gasteiger partial charge on any atom is -0.366 e. The van der Waals surface area contributed by atoms with Gasteiger partial charge in [0, 0.05) is 53.1 Å². The number of carbonyl (C=O) groups excluding carboxylic acids is 1. The van der Waals surface area contributed by atoms with Gasteiger partial charge in [-0.3, -0.25) is 9.78 Å². The largest absolute Gasteiger partial charge is 0.366 e. The lowest BCUT2D eigenvalue weighted by atomic mass is 10.1. The van der Waals surface area contributed by atoms with Crippen LogP contribution in [0.2, 0.25) is 0 Å². The first-order valence-corrected chi connectivity index (χ1v) is 8.29. The number of nitrogens with zero attached hydrogens (tertiary/aromatic N) is 2. The van der Waals surface area contributed by atoms with Gasteiger partial charge in [0.25, 0.3) is 0 Å². The summed E-state index contributed by atoms with van der Waals surface area (Å²) in [6.45, 7) is 0. The quantitative estimate of drug-likeness (QED) is 0.666. The Hall–Kier alpha value is -1.95. The van der Waals surface area contributed by atoms with Crippen LogP contribution >= 0.6 is 36.6 Å². The Balaban J connectivity index is 0.00000113. The molecule has 25 heavy (non-hydrogen) atoms. The lowest BCUT2D eigenvalue weighted by Gasteiger charge is -2.11. The molecule has 4 nitrogen and oxygen atoms in total. The van der Waals surface area contributed by atoms with Crippen molar-refractivity contribution < 1.29 is 4.79 Å². The molecule has 1 N–H and O–H groups in total. The third-order valence-corrected chi connectivity index (χ3v) is 5.02. The summed E-state index contributed by atoms with van der Waals surface area (Å²) in [5.41, 5.74) is 3.50. The van der Waals surface area contributed by atoms with Crippen LogP contribution in [-0.4, -0.2) is 15.3 Å². The van der Waals surface area contributed by atoms with E-state index in [1.165, 1.54) is 0 Å². The van der Waals surface area contributed by atoms with E-state index in [1.807, 2.05) is 65.8 Å². The summed E-state index contributed by atoms with van der Waals surface area (Å²) >= 11 is 1.60. The van der Waals surface area contributed by atoms with E-state index < -0.39 is 0 Å². The van der Waals surface area contributed by atoms with E-state index in [4.69, 9.17) is 0 Å². The number of carbonyl (C=O) groups is 1. The lowest BCUT2D eigenvalue weighted by molar-refractivity contribution is 0.102. The van der Waals surface area contributed by atoms with Gasteiger partial charge < -0.3 is 9.88 Å². The fourth-order valence-corrected chi connectivity index (χ4v) is 3.76. The zero-order valence-electron chi connectivity index (χ0n) is 13.4. The van der Waals surface area contributed by atoms with E-state index >= 15 is 0 Å². The Morgan fingerprint density at radius 1 is 1.20 bits per heavy atom. The molecule has 0 spiro atoms. The first-order chi connectivity index (χ1) is 11.2. The molecule has 1 atom stereocenters. The average Bonchev–Trinajstić information content (AvgIpc) is 3.21. The van der Waals surface area contributed by atoms with Gasteiger partial charge in [-0.15, -0.1) is 36.6 Å². The number of fused-ring (bicyclic) bond motifs is 1. The molecule has 3 heterocycles. The Morgan fingerprint density at radius 2 is 2.00 bits per heavy atom. The molecule has 0 radical (unpaired) electrons. The maximum atomic E-state index is 12.9. The van der Waals surface area contributed by atoms with Gasteiger partial charge in [-0.25, -0.2) is 0 Å². The Labute approximate surface area is 162 Å². The normalized spacial score (nSPS) is 15.7. The maximum absolute atomic E-state index is 12.9. The number of pyridine rings is 1. The molecule has 1 unspecified atom stereocenters. The van der Waals surface area contributed by atoms with Crippen molar-refractivity contribution >= 4 is 53.3 Å². The van der Waals surface area contributed by atoms with Crippen molar-refractivity contribution in [3.63, 3.8) is 0 Å². The van der Waals surface area contributed by atoms with Crippen LogP contribution in [0, 0.1) is 0 Å². The number of thioether (sulfide) groups is 1. The van der Waals surface area contributed by atoms with Crippen LogP contribution in [-0.2, 0) is 7.05 Å². The molecular formula is C18H17Cl2N3OS. The fourth-order valence-electron chi connectivity index (χ4n) is 2.83. The predicted molar refractivity (Wildman–Crippen MR) is 108 cm³/mol. The van der Waals surface area contributed by atoms with Gasteiger partial charge in [0.2, 0.25) is 5.78 Å². The molecule has 2 aromatic heterocycles. The van der Waals surface area contributed by atoms with E-state index in [2.05, 4.69) is 10.3 Å². The predicted octanol–water partition coefficient (Wildman–Crippen LogP) is 4.48. The monoisotopic (exact) mass is 393 g/mol. The first kappa shape index (κ1) is 19.4. The minimum absolute atomic E-state index is 0. The molecule has 4 rings (SSSR count). The summed E-state index contributed by atoms with van der Waals surface area (Å²) in [5.74, 6) is 0.0284. The number of para-hydroxylation sites is 1. The van der Waals surface area contributed by atoms with Crippen LogP contribution in [0.4, 0.5) is 0 Å². The topological polar surface area (TPSA) is 46.9 Å². The van der Waals surface area contributed by atoms with E-state index in [-0.39, 0.29) is 36.0 Å². The highest BCUT2D eigenvalue weighted by molar-refractivity contribution is 8.02. The van der Waals surface area contributed by atoms with Gasteiger partial charge in [0.15, 0.2) is 0 Å².